The van der Waals surface area contributed by atoms with E-state index in [-0.39, 0.29) is 40.4 Å². The van der Waals surface area contributed by atoms with Crippen molar-refractivity contribution < 1.29 is 22.7 Å². The molecule has 1 N–H and O–H groups in total. The largest absolute Gasteiger partial charge is 0.507 e. The lowest BCUT2D eigenvalue weighted by Crippen LogP contribution is -2.33. The number of piperidine rings is 1. The van der Waals surface area contributed by atoms with Gasteiger partial charge in [0.1, 0.15) is 11.3 Å². The molecule has 1 atom stereocenters. The van der Waals surface area contributed by atoms with E-state index in [4.69, 9.17) is 16.0 Å². The van der Waals surface area contributed by atoms with Crippen LogP contribution in [0.2, 0.25) is 5.02 Å². The van der Waals surface area contributed by atoms with Crippen LogP contribution in [0.25, 0.3) is 22.1 Å². The highest BCUT2D eigenvalue weighted by Gasteiger charge is 2.40. The van der Waals surface area contributed by atoms with Gasteiger partial charge >= 0.3 is 6.18 Å². The molecule has 186 valence electrons. The predicted octanol–water partition coefficient (Wildman–Crippen LogP) is 6.96. The third-order valence-corrected chi connectivity index (χ3v) is 6.83. The van der Waals surface area contributed by atoms with Crippen LogP contribution in [0.1, 0.15) is 42.2 Å². The van der Waals surface area contributed by atoms with Crippen LogP contribution < -0.4 is 5.43 Å². The Morgan fingerprint density at radius 2 is 1.89 bits per heavy atom. The molecule has 0 unspecified atom stereocenters. The van der Waals surface area contributed by atoms with Crippen molar-refractivity contribution in [1.82, 2.24) is 9.88 Å². The quantitative estimate of drug-likeness (QED) is 0.319. The Hall–Kier alpha value is -3.36. The molecule has 3 heterocycles. The van der Waals surface area contributed by atoms with Gasteiger partial charge in [-0.25, -0.2) is 0 Å². The molecule has 0 aliphatic carbocycles. The number of nitrogens with zero attached hydrogens (tertiary/aromatic N) is 2. The van der Waals surface area contributed by atoms with Gasteiger partial charge in [-0.3, -0.25) is 14.7 Å². The van der Waals surface area contributed by atoms with Crippen LogP contribution in [0.4, 0.5) is 13.2 Å². The number of phenolic OH excluding ortho intramolecular Hbond substituents is 1. The van der Waals surface area contributed by atoms with E-state index in [1.807, 2.05) is 12.1 Å². The molecular weight excluding hydrogens is 493 g/mol. The second kappa shape index (κ2) is 9.59. The molecule has 2 aromatic heterocycles. The number of hydrogen-bond acceptors (Lipinski definition) is 5. The topological polar surface area (TPSA) is 66.6 Å². The number of benzene rings is 2. The monoisotopic (exact) mass is 514 g/mol. The summed E-state index contributed by atoms with van der Waals surface area (Å²) in [5, 5.41) is 11.0. The van der Waals surface area contributed by atoms with Crippen molar-refractivity contribution in [3.63, 3.8) is 0 Å². The zero-order valence-electron chi connectivity index (χ0n) is 19.1. The zero-order chi connectivity index (χ0) is 25.4. The normalized spacial score (nSPS) is 16.9. The maximum absolute atomic E-state index is 14.2. The number of fused-ring (bicyclic) bond motifs is 1. The SMILES string of the molecule is O=c1c(-c2ccc(Cl)cc2)c(C(F)(F)F)oc2c(CN3CCCC[C@H]3c3cccnc3)c(O)ccc12. The minimum absolute atomic E-state index is 0.0238. The summed E-state index contributed by atoms with van der Waals surface area (Å²) in [4.78, 5) is 19.7. The van der Waals surface area contributed by atoms with E-state index in [0.717, 1.165) is 24.8 Å². The molecule has 1 fully saturated rings. The summed E-state index contributed by atoms with van der Waals surface area (Å²) < 4.78 is 47.9. The van der Waals surface area contributed by atoms with Crippen molar-refractivity contribution in [2.24, 2.45) is 0 Å². The molecule has 0 bridgehead atoms. The van der Waals surface area contributed by atoms with Crippen LogP contribution in [-0.2, 0) is 12.7 Å². The smallest absolute Gasteiger partial charge is 0.450 e. The fourth-order valence-corrected chi connectivity index (χ4v) is 4.99. The number of rotatable bonds is 4. The van der Waals surface area contributed by atoms with Gasteiger partial charge in [0.2, 0.25) is 11.2 Å². The van der Waals surface area contributed by atoms with E-state index in [1.165, 1.54) is 36.4 Å². The minimum atomic E-state index is -4.94. The van der Waals surface area contributed by atoms with Crippen LogP contribution in [0.5, 0.6) is 5.75 Å². The number of likely N-dealkylation sites (tertiary alicyclic amines) is 1. The van der Waals surface area contributed by atoms with Gasteiger partial charge in [0.15, 0.2) is 0 Å². The molecule has 0 amide bonds. The van der Waals surface area contributed by atoms with Crippen LogP contribution in [0.15, 0.2) is 70.1 Å². The third kappa shape index (κ3) is 4.58. The molecule has 2 aromatic carbocycles. The maximum atomic E-state index is 14.2. The molecule has 1 aliphatic heterocycles. The average Bonchev–Trinajstić information content (AvgIpc) is 2.86. The molecule has 0 saturated carbocycles. The summed E-state index contributed by atoms with van der Waals surface area (Å²) in [6.45, 7) is 0.790. The van der Waals surface area contributed by atoms with Crippen molar-refractivity contribution in [2.75, 3.05) is 6.54 Å². The molecule has 36 heavy (non-hydrogen) atoms. The highest BCUT2D eigenvalue weighted by molar-refractivity contribution is 6.30. The standard InChI is InChI=1S/C27H22ClF3N2O3/c28-18-8-6-16(7-9-18)23-24(35)19-10-11-22(34)20(25(19)36-26(23)27(29,30)31)15-33-13-2-1-5-21(33)17-4-3-12-32-14-17/h3-4,6-12,14,21,34H,1-2,5,13,15H2/t21-/m0/s1. The van der Waals surface area contributed by atoms with Gasteiger partial charge < -0.3 is 9.52 Å². The lowest BCUT2D eigenvalue weighted by molar-refractivity contribution is -0.152. The molecule has 5 rings (SSSR count). The molecule has 9 heteroatoms. The maximum Gasteiger partial charge on any atom is 0.450 e. The first-order valence-corrected chi connectivity index (χ1v) is 11.9. The molecule has 4 aromatic rings. The summed E-state index contributed by atoms with van der Waals surface area (Å²) in [5.74, 6) is -1.63. The molecule has 0 radical (unpaired) electrons. The van der Waals surface area contributed by atoms with Crippen molar-refractivity contribution in [3.8, 4) is 16.9 Å². The van der Waals surface area contributed by atoms with Crippen LogP contribution >= 0.6 is 11.6 Å². The summed E-state index contributed by atoms with van der Waals surface area (Å²) in [5.41, 5.74) is -0.498. The van der Waals surface area contributed by atoms with Crippen LogP contribution in [-0.4, -0.2) is 21.5 Å². The van der Waals surface area contributed by atoms with Crippen molar-refractivity contribution in [1.29, 1.82) is 0 Å². The predicted molar refractivity (Wildman–Crippen MR) is 131 cm³/mol. The van der Waals surface area contributed by atoms with Gasteiger partial charge in [0, 0.05) is 30.0 Å². The average molecular weight is 515 g/mol. The molecule has 1 saturated heterocycles. The Kier molecular flexibility index (Phi) is 6.49. The summed E-state index contributed by atoms with van der Waals surface area (Å²) in [7, 11) is 0. The number of aromatic hydroxyl groups is 1. The van der Waals surface area contributed by atoms with Gasteiger partial charge in [0.05, 0.1) is 16.5 Å². The Balaban J connectivity index is 1.67. The molecule has 0 spiro atoms. The summed E-state index contributed by atoms with van der Waals surface area (Å²) >= 11 is 5.89. The highest BCUT2D eigenvalue weighted by Crippen LogP contribution is 2.40. The van der Waals surface area contributed by atoms with E-state index in [9.17, 15) is 23.1 Å². The van der Waals surface area contributed by atoms with Gasteiger partial charge in [0.25, 0.3) is 0 Å². The van der Waals surface area contributed by atoms with E-state index in [0.29, 0.717) is 11.6 Å². The first-order chi connectivity index (χ1) is 17.2. The lowest BCUT2D eigenvalue weighted by atomic mass is 9.95. The van der Waals surface area contributed by atoms with E-state index >= 15 is 0 Å². The molecule has 1 aliphatic rings. The Labute approximate surface area is 209 Å². The number of alkyl halides is 3. The van der Waals surface area contributed by atoms with Gasteiger partial charge in [-0.1, -0.05) is 36.2 Å². The first kappa shape index (κ1) is 24.3. The second-order valence-corrected chi connectivity index (χ2v) is 9.28. The first-order valence-electron chi connectivity index (χ1n) is 11.5. The van der Waals surface area contributed by atoms with Crippen LogP contribution in [0, 0.1) is 0 Å². The van der Waals surface area contributed by atoms with Crippen molar-refractivity contribution >= 4 is 22.6 Å². The number of halogens is 4. The summed E-state index contributed by atoms with van der Waals surface area (Å²) in [6.07, 6.45) is 1.26. The Morgan fingerprint density at radius 1 is 1.11 bits per heavy atom. The minimum Gasteiger partial charge on any atom is -0.507 e. The van der Waals surface area contributed by atoms with Crippen LogP contribution in [0.3, 0.4) is 0 Å². The van der Waals surface area contributed by atoms with E-state index in [2.05, 4.69) is 9.88 Å². The van der Waals surface area contributed by atoms with E-state index in [1.54, 1.807) is 12.4 Å². The van der Waals surface area contributed by atoms with Crippen molar-refractivity contribution in [3.05, 3.63) is 93.1 Å². The number of phenols is 1. The van der Waals surface area contributed by atoms with Gasteiger partial charge in [-0.15, -0.1) is 0 Å². The van der Waals surface area contributed by atoms with Gasteiger partial charge in [-0.2, -0.15) is 13.2 Å². The fraction of sp³-hybridized carbons (Fsp3) is 0.259. The number of hydrogen-bond donors (Lipinski definition) is 1. The fourth-order valence-electron chi connectivity index (χ4n) is 4.87. The van der Waals surface area contributed by atoms with E-state index < -0.39 is 22.9 Å². The Morgan fingerprint density at radius 3 is 2.58 bits per heavy atom. The summed E-state index contributed by atoms with van der Waals surface area (Å²) in [6, 6.07) is 11.9. The zero-order valence-corrected chi connectivity index (χ0v) is 19.8. The third-order valence-electron chi connectivity index (χ3n) is 6.57. The highest BCUT2D eigenvalue weighted by atomic mass is 35.5. The number of pyridine rings is 1. The lowest BCUT2D eigenvalue weighted by Gasteiger charge is -2.36. The molecule has 5 nitrogen and oxygen atoms in total. The molecular formula is C27H22ClF3N2O3. The van der Waals surface area contributed by atoms with Crippen molar-refractivity contribution in [2.45, 2.75) is 38.0 Å². The second-order valence-electron chi connectivity index (χ2n) is 8.85. The Bertz CT molecular complexity index is 1450. The van der Waals surface area contributed by atoms with Gasteiger partial charge in [-0.05, 0) is 60.8 Å². The number of aromatic nitrogens is 1.